The molecule has 0 aromatic heterocycles. The summed E-state index contributed by atoms with van der Waals surface area (Å²) in [5.41, 5.74) is 0.610. The highest BCUT2D eigenvalue weighted by Gasteiger charge is 2.44. The number of nitriles is 1. The van der Waals surface area contributed by atoms with Crippen LogP contribution in [-0.2, 0) is 20.6 Å². The van der Waals surface area contributed by atoms with Gasteiger partial charge < -0.3 is 0 Å². The fourth-order valence-electron chi connectivity index (χ4n) is 1.91. The maximum Gasteiger partial charge on any atom is 0.167 e. The third-order valence-corrected chi connectivity index (χ3v) is 7.68. The zero-order chi connectivity index (χ0) is 12.5. The van der Waals surface area contributed by atoms with E-state index in [2.05, 4.69) is 0 Å². The molecular weight excluding hydrogens is 258 g/mol. The number of hydrogen-bond donors (Lipinski definition) is 0. The van der Waals surface area contributed by atoms with Crippen LogP contribution in [-0.4, -0.2) is 28.7 Å². The molecule has 6 heteroatoms. The van der Waals surface area contributed by atoms with Crippen LogP contribution in [0.15, 0.2) is 30.3 Å². The Hall–Kier alpha value is -1.19. The molecule has 1 aromatic rings. The second-order valence-corrected chi connectivity index (χ2v) is 8.06. The Balaban J connectivity index is 2.45. The topological polar surface area (TPSA) is 75.0 Å². The summed E-state index contributed by atoms with van der Waals surface area (Å²) in [6.45, 7) is 0. The lowest BCUT2D eigenvalue weighted by Gasteiger charge is -2.15. The minimum Gasteiger partial charge on any atom is -0.258 e. The summed E-state index contributed by atoms with van der Waals surface area (Å²) in [6, 6.07) is 10.6. The highest BCUT2D eigenvalue weighted by Crippen LogP contribution is 2.31. The first-order chi connectivity index (χ1) is 8.06. The smallest absolute Gasteiger partial charge is 0.167 e. The van der Waals surface area contributed by atoms with E-state index in [4.69, 9.17) is 5.26 Å². The number of hydrogen-bond acceptors (Lipinski definition) is 4. The molecule has 0 amide bonds. The van der Waals surface area contributed by atoms with Crippen molar-refractivity contribution in [3.05, 3.63) is 35.9 Å². The molecule has 1 fully saturated rings. The van der Waals surface area contributed by atoms with Crippen molar-refractivity contribution >= 4 is 20.6 Å². The maximum absolute atomic E-state index is 11.8. The van der Waals surface area contributed by atoms with Gasteiger partial charge in [-0.1, -0.05) is 30.3 Å². The Labute approximate surface area is 103 Å². The molecule has 0 radical (unpaired) electrons. The number of nitrogens with zero attached hydrogens (tertiary/aromatic N) is 1. The second kappa shape index (κ2) is 4.59. The lowest BCUT2D eigenvalue weighted by atomic mass is 10.0. The molecule has 3 unspecified atom stereocenters. The van der Waals surface area contributed by atoms with E-state index in [1.807, 2.05) is 6.07 Å². The van der Waals surface area contributed by atoms with Crippen LogP contribution in [0.5, 0.6) is 0 Å². The Morgan fingerprint density at radius 1 is 1.35 bits per heavy atom. The highest BCUT2D eigenvalue weighted by atomic mass is 32.3. The van der Waals surface area contributed by atoms with E-state index >= 15 is 0 Å². The van der Waals surface area contributed by atoms with Gasteiger partial charge in [0.25, 0.3) is 0 Å². The van der Waals surface area contributed by atoms with E-state index in [0.717, 1.165) is 0 Å². The van der Waals surface area contributed by atoms with Gasteiger partial charge in [0.05, 0.1) is 17.7 Å². The van der Waals surface area contributed by atoms with Crippen LogP contribution < -0.4 is 0 Å². The van der Waals surface area contributed by atoms with Gasteiger partial charge >= 0.3 is 0 Å². The van der Waals surface area contributed by atoms with E-state index in [9.17, 15) is 12.6 Å². The maximum atomic E-state index is 11.8. The van der Waals surface area contributed by atoms with Crippen molar-refractivity contribution < 1.29 is 12.6 Å². The summed E-state index contributed by atoms with van der Waals surface area (Å²) in [4.78, 5) is 0. The quantitative estimate of drug-likeness (QED) is 0.795. The second-order valence-electron chi connectivity index (χ2n) is 3.84. The lowest BCUT2D eigenvalue weighted by molar-refractivity contribution is 0.592. The van der Waals surface area contributed by atoms with Crippen LogP contribution in [0.25, 0.3) is 0 Å². The fraction of sp³-hybridized carbons (Fsp3) is 0.364. The fourth-order valence-corrected chi connectivity index (χ4v) is 7.00. The molecule has 0 saturated carbocycles. The Kier molecular flexibility index (Phi) is 3.31. The molecule has 1 aliphatic rings. The molecule has 0 bridgehead atoms. The van der Waals surface area contributed by atoms with Crippen molar-refractivity contribution in [1.82, 2.24) is 0 Å². The van der Waals surface area contributed by atoms with Gasteiger partial charge in [0.2, 0.25) is 0 Å². The molecule has 4 nitrogen and oxygen atoms in total. The van der Waals surface area contributed by atoms with Crippen molar-refractivity contribution in [2.75, 3.05) is 11.5 Å². The van der Waals surface area contributed by atoms with Crippen LogP contribution >= 0.6 is 0 Å². The minimum absolute atomic E-state index is 0.0880. The zero-order valence-electron chi connectivity index (χ0n) is 8.94. The summed E-state index contributed by atoms with van der Waals surface area (Å²) in [7, 11) is -4.89. The molecule has 17 heavy (non-hydrogen) atoms. The lowest BCUT2D eigenvalue weighted by Crippen LogP contribution is -2.26. The molecule has 1 aromatic carbocycles. The van der Waals surface area contributed by atoms with Crippen LogP contribution in [0.4, 0.5) is 0 Å². The van der Waals surface area contributed by atoms with Crippen LogP contribution in [0, 0.1) is 11.3 Å². The van der Waals surface area contributed by atoms with E-state index in [1.54, 1.807) is 30.3 Å². The molecule has 0 spiro atoms. The van der Waals surface area contributed by atoms with Crippen molar-refractivity contribution in [2.24, 2.45) is 0 Å². The van der Waals surface area contributed by atoms with Crippen molar-refractivity contribution in [3.63, 3.8) is 0 Å². The molecule has 0 N–H and O–H groups in total. The molecule has 1 aliphatic heterocycles. The largest absolute Gasteiger partial charge is 0.258 e. The van der Waals surface area contributed by atoms with Gasteiger partial charge in [-0.05, 0) is 5.56 Å². The first-order valence-corrected chi connectivity index (χ1v) is 8.19. The van der Waals surface area contributed by atoms with Crippen LogP contribution in [0.3, 0.4) is 0 Å². The van der Waals surface area contributed by atoms with E-state index in [-0.39, 0.29) is 11.5 Å². The van der Waals surface area contributed by atoms with E-state index in [0.29, 0.717) is 5.56 Å². The number of sulfone groups is 1. The Bertz CT molecular complexity index is 574. The average molecular weight is 269 g/mol. The Morgan fingerprint density at radius 3 is 2.47 bits per heavy atom. The Morgan fingerprint density at radius 2 is 2.00 bits per heavy atom. The average Bonchev–Trinajstić information content (AvgIpc) is 2.58. The van der Waals surface area contributed by atoms with E-state index < -0.39 is 31.1 Å². The van der Waals surface area contributed by atoms with Gasteiger partial charge in [0.15, 0.2) is 14.4 Å². The van der Waals surface area contributed by atoms with Crippen molar-refractivity contribution in [2.45, 2.75) is 10.5 Å². The van der Waals surface area contributed by atoms with Crippen molar-refractivity contribution in [1.29, 1.82) is 5.26 Å². The van der Waals surface area contributed by atoms with Gasteiger partial charge in [-0.2, -0.15) is 5.26 Å². The third kappa shape index (κ3) is 2.26. The highest BCUT2D eigenvalue weighted by molar-refractivity contribution is 8.09. The molecule has 1 heterocycles. The van der Waals surface area contributed by atoms with Gasteiger partial charge in [-0.3, -0.25) is 4.21 Å². The minimum atomic E-state index is -3.42. The number of benzene rings is 1. The summed E-state index contributed by atoms with van der Waals surface area (Å²) >= 11 is 0. The normalized spacial score (nSPS) is 28.4. The molecule has 90 valence electrons. The summed E-state index contributed by atoms with van der Waals surface area (Å²) in [6.07, 6.45) is 0. The van der Waals surface area contributed by atoms with Gasteiger partial charge in [0, 0.05) is 16.6 Å². The third-order valence-electron chi connectivity index (χ3n) is 2.75. The van der Waals surface area contributed by atoms with Crippen LogP contribution in [0.2, 0.25) is 0 Å². The monoisotopic (exact) mass is 269 g/mol. The van der Waals surface area contributed by atoms with Crippen molar-refractivity contribution in [3.8, 4) is 6.07 Å². The summed E-state index contributed by atoms with van der Waals surface area (Å²) in [5, 5.41) is 9.14. The summed E-state index contributed by atoms with van der Waals surface area (Å²) in [5.74, 6) is -0.794. The van der Waals surface area contributed by atoms with Gasteiger partial charge in [-0.15, -0.1) is 0 Å². The van der Waals surface area contributed by atoms with Gasteiger partial charge in [-0.25, -0.2) is 8.42 Å². The molecule has 1 saturated heterocycles. The van der Waals surface area contributed by atoms with Crippen LogP contribution in [0.1, 0.15) is 11.5 Å². The van der Waals surface area contributed by atoms with E-state index in [1.165, 1.54) is 0 Å². The predicted molar refractivity (Wildman–Crippen MR) is 65.4 cm³/mol. The zero-order valence-corrected chi connectivity index (χ0v) is 10.6. The predicted octanol–water partition coefficient (Wildman–Crippen LogP) is 0.797. The first-order valence-electron chi connectivity index (χ1n) is 5.09. The first kappa shape index (κ1) is 12.3. The molecule has 0 aliphatic carbocycles. The molecule has 2 rings (SSSR count). The molecule has 3 atom stereocenters. The number of rotatable bonds is 2. The SMILES string of the molecule is N#CC(c1ccccc1)C1S(=O)CCS1(=O)=O. The standard InChI is InChI=1S/C11H11NO3S2/c12-8-10(9-4-2-1-3-5-9)11-16(13)6-7-17(11,14)15/h1-5,10-11H,6-7H2. The van der Waals surface area contributed by atoms with Gasteiger partial charge in [0.1, 0.15) is 0 Å². The molecular formula is C11H11NO3S2. The summed E-state index contributed by atoms with van der Waals surface area (Å²) < 4.78 is 34.3.